The predicted molar refractivity (Wildman–Crippen MR) is 70.4 cm³/mol. The number of hydrogen-bond acceptors (Lipinski definition) is 2. The fourth-order valence-electron chi connectivity index (χ4n) is 2.20. The summed E-state index contributed by atoms with van der Waals surface area (Å²) in [5, 5.41) is 3.57. The average Bonchev–Trinajstić information content (AvgIpc) is 2.33. The second-order valence-electron chi connectivity index (χ2n) is 4.50. The standard InChI is InChI=1S/C13H17ClN2O/c1-3-10(15)9-6-8-4-5-11(17)16-13(8)7(2)12(9)14/h6,10H,3-5,15H2,1-2H3,(H,16,17). The van der Waals surface area contributed by atoms with Gasteiger partial charge >= 0.3 is 0 Å². The Morgan fingerprint density at radius 2 is 2.24 bits per heavy atom. The number of carbonyl (C=O) groups is 1. The number of fused-ring (bicyclic) bond motifs is 1. The van der Waals surface area contributed by atoms with E-state index < -0.39 is 0 Å². The molecule has 17 heavy (non-hydrogen) atoms. The Bertz CT molecular complexity index is 471. The Hall–Kier alpha value is -1.06. The van der Waals surface area contributed by atoms with Gasteiger partial charge in [-0.05, 0) is 36.5 Å². The number of benzene rings is 1. The zero-order valence-electron chi connectivity index (χ0n) is 10.1. The first-order chi connectivity index (χ1) is 8.04. The smallest absolute Gasteiger partial charge is 0.224 e. The van der Waals surface area contributed by atoms with Gasteiger partial charge in [0.25, 0.3) is 0 Å². The maximum absolute atomic E-state index is 11.4. The van der Waals surface area contributed by atoms with Crippen molar-refractivity contribution in [2.75, 3.05) is 5.32 Å². The van der Waals surface area contributed by atoms with Gasteiger partial charge in [-0.1, -0.05) is 24.6 Å². The van der Waals surface area contributed by atoms with Crippen molar-refractivity contribution >= 4 is 23.2 Å². The zero-order chi connectivity index (χ0) is 12.6. The molecule has 0 saturated heterocycles. The van der Waals surface area contributed by atoms with Crippen LogP contribution in [0.5, 0.6) is 0 Å². The highest BCUT2D eigenvalue weighted by Crippen LogP contribution is 2.36. The molecule has 1 unspecified atom stereocenters. The minimum Gasteiger partial charge on any atom is -0.326 e. The second kappa shape index (κ2) is 4.67. The molecule has 1 aliphatic heterocycles. The van der Waals surface area contributed by atoms with Gasteiger partial charge in [0.05, 0.1) is 5.02 Å². The predicted octanol–water partition coefficient (Wildman–Crippen LogP) is 2.94. The Labute approximate surface area is 106 Å². The number of amides is 1. The summed E-state index contributed by atoms with van der Waals surface area (Å²) in [6.45, 7) is 3.97. The molecule has 1 atom stereocenters. The number of hydrogen-bond donors (Lipinski definition) is 2. The first-order valence-corrected chi connectivity index (χ1v) is 6.29. The number of aryl methyl sites for hydroxylation is 1. The maximum atomic E-state index is 11.4. The highest BCUT2D eigenvalue weighted by Gasteiger charge is 2.21. The summed E-state index contributed by atoms with van der Waals surface area (Å²) in [4.78, 5) is 11.4. The van der Waals surface area contributed by atoms with Crippen LogP contribution in [0.3, 0.4) is 0 Å². The van der Waals surface area contributed by atoms with E-state index in [-0.39, 0.29) is 11.9 Å². The van der Waals surface area contributed by atoms with E-state index >= 15 is 0 Å². The normalized spacial score (nSPS) is 16.4. The number of nitrogens with one attached hydrogen (secondary N) is 1. The van der Waals surface area contributed by atoms with Crippen molar-refractivity contribution in [1.82, 2.24) is 0 Å². The third-order valence-corrected chi connectivity index (χ3v) is 3.84. The van der Waals surface area contributed by atoms with Crippen LogP contribution in [-0.4, -0.2) is 5.91 Å². The molecule has 0 fully saturated rings. The van der Waals surface area contributed by atoms with Gasteiger partial charge in [0.15, 0.2) is 0 Å². The molecular weight excluding hydrogens is 236 g/mol. The Kier molecular flexibility index (Phi) is 3.40. The van der Waals surface area contributed by atoms with Crippen LogP contribution in [0.1, 0.15) is 42.5 Å². The monoisotopic (exact) mass is 252 g/mol. The van der Waals surface area contributed by atoms with Gasteiger partial charge < -0.3 is 11.1 Å². The lowest BCUT2D eigenvalue weighted by Gasteiger charge is -2.23. The number of carbonyl (C=O) groups excluding carboxylic acids is 1. The summed E-state index contributed by atoms with van der Waals surface area (Å²) in [7, 11) is 0. The molecule has 1 aromatic rings. The van der Waals surface area contributed by atoms with E-state index in [2.05, 4.69) is 5.32 Å². The molecule has 0 spiro atoms. The molecule has 0 bridgehead atoms. The highest BCUT2D eigenvalue weighted by molar-refractivity contribution is 6.32. The molecule has 1 aromatic carbocycles. The number of halogens is 1. The van der Waals surface area contributed by atoms with Gasteiger partial charge in [-0.15, -0.1) is 0 Å². The van der Waals surface area contributed by atoms with E-state index in [9.17, 15) is 4.79 Å². The lowest BCUT2D eigenvalue weighted by Crippen LogP contribution is -2.21. The number of rotatable bonds is 2. The van der Waals surface area contributed by atoms with Crippen molar-refractivity contribution in [2.45, 2.75) is 39.2 Å². The molecule has 0 aromatic heterocycles. The number of anilines is 1. The molecule has 92 valence electrons. The summed E-state index contributed by atoms with van der Waals surface area (Å²) >= 11 is 6.32. The van der Waals surface area contributed by atoms with Crippen molar-refractivity contribution in [3.63, 3.8) is 0 Å². The van der Waals surface area contributed by atoms with Crippen molar-refractivity contribution in [1.29, 1.82) is 0 Å². The fraction of sp³-hybridized carbons (Fsp3) is 0.462. The van der Waals surface area contributed by atoms with Crippen LogP contribution in [0.2, 0.25) is 5.02 Å². The van der Waals surface area contributed by atoms with Crippen LogP contribution in [-0.2, 0) is 11.2 Å². The lowest BCUT2D eigenvalue weighted by molar-refractivity contribution is -0.116. The van der Waals surface area contributed by atoms with Crippen LogP contribution >= 0.6 is 11.6 Å². The van der Waals surface area contributed by atoms with E-state index in [0.29, 0.717) is 11.4 Å². The molecule has 1 heterocycles. The van der Waals surface area contributed by atoms with Gasteiger partial charge in [0, 0.05) is 18.2 Å². The first-order valence-electron chi connectivity index (χ1n) is 5.91. The fourth-order valence-corrected chi connectivity index (χ4v) is 2.49. The van der Waals surface area contributed by atoms with Gasteiger partial charge in [0.1, 0.15) is 0 Å². The van der Waals surface area contributed by atoms with Crippen LogP contribution in [0, 0.1) is 6.92 Å². The van der Waals surface area contributed by atoms with Crippen molar-refractivity contribution in [3.8, 4) is 0 Å². The molecular formula is C13H17ClN2O. The van der Waals surface area contributed by atoms with Crippen LogP contribution in [0.15, 0.2) is 6.07 Å². The molecule has 4 heteroatoms. The SMILES string of the molecule is CCC(N)c1cc2c(c(C)c1Cl)NC(=O)CC2. The van der Waals surface area contributed by atoms with E-state index in [1.165, 1.54) is 0 Å². The molecule has 1 amide bonds. The van der Waals surface area contributed by atoms with Crippen molar-refractivity contribution in [2.24, 2.45) is 5.73 Å². The summed E-state index contributed by atoms with van der Waals surface area (Å²) in [5.41, 5.74) is 9.98. The molecule has 1 aliphatic rings. The maximum Gasteiger partial charge on any atom is 0.224 e. The Balaban J connectivity index is 2.54. The molecule has 3 N–H and O–H groups in total. The van der Waals surface area contributed by atoms with Crippen molar-refractivity contribution in [3.05, 3.63) is 27.8 Å². The molecule has 3 nitrogen and oxygen atoms in total. The first kappa shape index (κ1) is 12.4. The average molecular weight is 253 g/mol. The molecule has 0 aliphatic carbocycles. The quantitative estimate of drug-likeness (QED) is 0.850. The Morgan fingerprint density at radius 1 is 1.53 bits per heavy atom. The summed E-state index contributed by atoms with van der Waals surface area (Å²) in [6, 6.07) is 2.00. The van der Waals surface area contributed by atoms with Gasteiger partial charge in [-0.2, -0.15) is 0 Å². The molecule has 0 saturated carbocycles. The summed E-state index contributed by atoms with van der Waals surface area (Å²) in [6.07, 6.45) is 2.15. The minimum absolute atomic E-state index is 0.0378. The minimum atomic E-state index is -0.0378. The van der Waals surface area contributed by atoms with Crippen LogP contribution in [0.4, 0.5) is 5.69 Å². The summed E-state index contributed by atoms with van der Waals surface area (Å²) < 4.78 is 0. The van der Waals surface area contributed by atoms with E-state index in [1.807, 2.05) is 19.9 Å². The topological polar surface area (TPSA) is 55.1 Å². The van der Waals surface area contributed by atoms with E-state index in [1.54, 1.807) is 0 Å². The van der Waals surface area contributed by atoms with E-state index in [4.69, 9.17) is 17.3 Å². The highest BCUT2D eigenvalue weighted by atomic mass is 35.5. The second-order valence-corrected chi connectivity index (χ2v) is 4.88. The van der Waals surface area contributed by atoms with Gasteiger partial charge in [-0.25, -0.2) is 0 Å². The van der Waals surface area contributed by atoms with Crippen molar-refractivity contribution < 1.29 is 4.79 Å². The lowest BCUT2D eigenvalue weighted by atomic mass is 9.93. The summed E-state index contributed by atoms with van der Waals surface area (Å²) in [5.74, 6) is 0.0595. The van der Waals surface area contributed by atoms with Crippen LogP contribution < -0.4 is 11.1 Å². The third-order valence-electron chi connectivity index (χ3n) is 3.33. The number of nitrogens with two attached hydrogens (primary N) is 1. The van der Waals surface area contributed by atoms with E-state index in [0.717, 1.165) is 35.2 Å². The zero-order valence-corrected chi connectivity index (χ0v) is 10.9. The molecule has 0 radical (unpaired) electrons. The van der Waals surface area contributed by atoms with Crippen LogP contribution in [0.25, 0.3) is 0 Å². The van der Waals surface area contributed by atoms with Gasteiger partial charge in [0.2, 0.25) is 5.91 Å². The third kappa shape index (κ3) is 2.17. The van der Waals surface area contributed by atoms with Gasteiger partial charge in [-0.3, -0.25) is 4.79 Å². The largest absolute Gasteiger partial charge is 0.326 e. The Morgan fingerprint density at radius 3 is 2.88 bits per heavy atom. The molecule has 2 rings (SSSR count).